The van der Waals surface area contributed by atoms with E-state index in [0.29, 0.717) is 18.5 Å². The van der Waals surface area contributed by atoms with Crippen LogP contribution >= 0.6 is 0 Å². The second-order valence-corrected chi connectivity index (χ2v) is 9.49. The number of carbonyl (C=O) groups excluding carboxylic acids is 3. The second kappa shape index (κ2) is 9.19. The highest BCUT2D eigenvalue weighted by molar-refractivity contribution is 6.05. The van der Waals surface area contributed by atoms with Crippen LogP contribution in [0.4, 0.5) is 0 Å². The molecule has 2 saturated heterocycles. The molecule has 3 amide bonds. The van der Waals surface area contributed by atoms with Crippen molar-refractivity contribution in [3.63, 3.8) is 0 Å². The summed E-state index contributed by atoms with van der Waals surface area (Å²) < 4.78 is 8.10. The topological polar surface area (TPSA) is 110 Å². The van der Waals surface area contributed by atoms with Crippen LogP contribution in [0.3, 0.4) is 0 Å². The maximum atomic E-state index is 12.9. The number of amides is 3. The van der Waals surface area contributed by atoms with E-state index >= 15 is 0 Å². The second-order valence-electron chi connectivity index (χ2n) is 9.49. The van der Waals surface area contributed by atoms with Crippen LogP contribution < -0.4 is 10.1 Å². The number of ether oxygens (including phenoxy) is 1. The van der Waals surface area contributed by atoms with Gasteiger partial charge in [-0.3, -0.25) is 29.6 Å². The molecule has 3 aliphatic heterocycles. The lowest BCUT2D eigenvalue weighted by Gasteiger charge is -2.29. The van der Waals surface area contributed by atoms with E-state index in [9.17, 15) is 14.4 Å². The molecule has 0 bridgehead atoms. The van der Waals surface area contributed by atoms with Crippen molar-refractivity contribution in [2.45, 2.75) is 44.5 Å². The van der Waals surface area contributed by atoms with E-state index in [1.54, 1.807) is 23.4 Å². The number of nitrogens with zero attached hydrogens (tertiary/aromatic N) is 5. The Kier molecular flexibility index (Phi) is 5.73. The van der Waals surface area contributed by atoms with Gasteiger partial charge in [0.2, 0.25) is 11.8 Å². The Balaban J connectivity index is 1.06. The van der Waals surface area contributed by atoms with Crippen molar-refractivity contribution in [1.29, 1.82) is 0 Å². The average Bonchev–Trinajstić information content (AvgIpc) is 3.60. The predicted molar refractivity (Wildman–Crippen MR) is 128 cm³/mol. The quantitative estimate of drug-likeness (QED) is 0.528. The van der Waals surface area contributed by atoms with Crippen LogP contribution in [0.2, 0.25) is 0 Å². The Labute approximate surface area is 207 Å². The molecule has 5 heterocycles. The van der Waals surface area contributed by atoms with Gasteiger partial charge in [0, 0.05) is 56.1 Å². The molecule has 0 spiro atoms. The van der Waals surface area contributed by atoms with Gasteiger partial charge in [-0.05, 0) is 48.7 Å². The zero-order valence-corrected chi connectivity index (χ0v) is 19.7. The molecule has 3 aliphatic rings. The Morgan fingerprint density at radius 1 is 1.11 bits per heavy atom. The van der Waals surface area contributed by atoms with Crippen molar-refractivity contribution in [1.82, 2.24) is 29.9 Å². The van der Waals surface area contributed by atoms with E-state index in [1.807, 2.05) is 41.3 Å². The van der Waals surface area contributed by atoms with Gasteiger partial charge in [-0.15, -0.1) is 0 Å². The number of hydrogen-bond donors (Lipinski definition) is 1. The van der Waals surface area contributed by atoms with Gasteiger partial charge in [0.15, 0.2) is 0 Å². The third kappa shape index (κ3) is 4.35. The Morgan fingerprint density at radius 2 is 2.03 bits per heavy atom. The minimum absolute atomic E-state index is 0.0553. The fraction of sp³-hybridized carbons (Fsp3) is 0.346. The molecule has 10 heteroatoms. The zero-order chi connectivity index (χ0) is 24.6. The van der Waals surface area contributed by atoms with Crippen molar-refractivity contribution >= 4 is 17.7 Å². The maximum absolute atomic E-state index is 12.9. The minimum Gasteiger partial charge on any atom is -0.489 e. The van der Waals surface area contributed by atoms with Gasteiger partial charge < -0.3 is 9.64 Å². The summed E-state index contributed by atoms with van der Waals surface area (Å²) >= 11 is 0. The fourth-order valence-corrected chi connectivity index (χ4v) is 5.18. The van der Waals surface area contributed by atoms with E-state index in [2.05, 4.69) is 20.3 Å². The van der Waals surface area contributed by atoms with Gasteiger partial charge in [-0.2, -0.15) is 5.10 Å². The van der Waals surface area contributed by atoms with Gasteiger partial charge in [0.1, 0.15) is 17.9 Å². The molecule has 3 aromatic rings. The standard InChI is InChI=1S/C26H26N6O4/c33-24-6-5-23(25(34)29-24)31-15-18-10-20(3-4-22(18)26(31)35)36-21-7-9-30(16-21)13-17-11-28-32(14-17)19-2-1-8-27-12-19/h1-4,8,10-12,14,21,23H,5-7,9,13,15-16H2,(H,29,33,34)/t21-,23?/m0/s1. The number of pyridine rings is 1. The summed E-state index contributed by atoms with van der Waals surface area (Å²) in [6.07, 6.45) is 9.00. The van der Waals surface area contributed by atoms with Crippen molar-refractivity contribution < 1.29 is 19.1 Å². The number of piperidine rings is 1. The van der Waals surface area contributed by atoms with Crippen LogP contribution in [0.15, 0.2) is 55.1 Å². The van der Waals surface area contributed by atoms with E-state index < -0.39 is 11.9 Å². The fourth-order valence-electron chi connectivity index (χ4n) is 5.18. The van der Waals surface area contributed by atoms with Crippen LogP contribution in [0.1, 0.15) is 40.7 Å². The number of likely N-dealkylation sites (tertiary alicyclic amines) is 1. The highest BCUT2D eigenvalue weighted by Gasteiger charge is 2.39. The third-order valence-corrected chi connectivity index (χ3v) is 6.98. The van der Waals surface area contributed by atoms with Gasteiger partial charge in [-0.25, -0.2) is 4.68 Å². The summed E-state index contributed by atoms with van der Waals surface area (Å²) in [6.45, 7) is 2.86. The first-order valence-electron chi connectivity index (χ1n) is 12.1. The Hall–Kier alpha value is -4.05. The summed E-state index contributed by atoms with van der Waals surface area (Å²) in [5.74, 6) is -0.141. The number of rotatable bonds is 6. The smallest absolute Gasteiger partial charge is 0.255 e. The Bertz CT molecular complexity index is 1320. The summed E-state index contributed by atoms with van der Waals surface area (Å²) in [5, 5.41) is 6.78. The molecular formula is C26H26N6O4. The third-order valence-electron chi connectivity index (χ3n) is 6.98. The first kappa shape index (κ1) is 22.4. The van der Waals surface area contributed by atoms with Crippen LogP contribution in [0.5, 0.6) is 5.75 Å². The molecular weight excluding hydrogens is 460 g/mol. The molecule has 6 rings (SSSR count). The SMILES string of the molecule is O=C1CCC(N2Cc3cc(O[C@H]4CCN(Cc5cnn(-c6cccnc6)c5)C4)ccc3C2=O)C(=O)N1. The lowest BCUT2D eigenvalue weighted by molar-refractivity contribution is -0.136. The first-order chi connectivity index (χ1) is 17.5. The zero-order valence-electron chi connectivity index (χ0n) is 19.7. The molecule has 36 heavy (non-hydrogen) atoms. The normalized spacial score (nSPS) is 22.1. The van der Waals surface area contributed by atoms with Crippen molar-refractivity contribution in [3.8, 4) is 11.4 Å². The monoisotopic (exact) mass is 486 g/mol. The molecule has 2 fully saturated rings. The molecule has 10 nitrogen and oxygen atoms in total. The van der Waals surface area contributed by atoms with Crippen LogP contribution in [0.25, 0.3) is 5.69 Å². The number of hydrogen-bond acceptors (Lipinski definition) is 7. The number of imide groups is 1. The molecule has 0 radical (unpaired) electrons. The number of benzene rings is 1. The number of fused-ring (bicyclic) bond motifs is 1. The van der Waals surface area contributed by atoms with Gasteiger partial charge in [-0.1, -0.05) is 0 Å². The number of nitrogens with one attached hydrogen (secondary N) is 1. The first-order valence-corrected chi connectivity index (χ1v) is 12.1. The van der Waals surface area contributed by atoms with E-state index in [0.717, 1.165) is 48.6 Å². The van der Waals surface area contributed by atoms with Gasteiger partial charge >= 0.3 is 0 Å². The van der Waals surface area contributed by atoms with E-state index in [4.69, 9.17) is 4.74 Å². The largest absolute Gasteiger partial charge is 0.489 e. The van der Waals surface area contributed by atoms with Crippen LogP contribution in [0, 0.1) is 0 Å². The molecule has 2 aromatic heterocycles. The predicted octanol–water partition coefficient (Wildman–Crippen LogP) is 1.68. The number of aromatic nitrogens is 3. The minimum atomic E-state index is -0.613. The van der Waals surface area contributed by atoms with E-state index in [-0.39, 0.29) is 24.3 Å². The highest BCUT2D eigenvalue weighted by Crippen LogP contribution is 2.31. The molecule has 1 unspecified atom stereocenters. The molecule has 1 aromatic carbocycles. The lowest BCUT2D eigenvalue weighted by atomic mass is 10.0. The summed E-state index contributed by atoms with van der Waals surface area (Å²) in [5.41, 5.74) is 3.49. The molecule has 2 atom stereocenters. The Morgan fingerprint density at radius 3 is 2.86 bits per heavy atom. The molecule has 1 N–H and O–H groups in total. The average molecular weight is 487 g/mol. The molecule has 184 valence electrons. The molecule has 0 saturated carbocycles. The van der Waals surface area contributed by atoms with Crippen molar-refractivity contribution in [3.05, 3.63) is 71.8 Å². The van der Waals surface area contributed by atoms with E-state index in [1.165, 1.54) is 0 Å². The highest BCUT2D eigenvalue weighted by atomic mass is 16.5. The maximum Gasteiger partial charge on any atom is 0.255 e. The summed E-state index contributed by atoms with van der Waals surface area (Å²) in [6, 6.07) is 8.75. The number of carbonyl (C=O) groups is 3. The van der Waals surface area contributed by atoms with Crippen molar-refractivity contribution in [2.75, 3.05) is 13.1 Å². The molecule has 0 aliphatic carbocycles. The van der Waals surface area contributed by atoms with Gasteiger partial charge in [0.05, 0.1) is 18.1 Å². The summed E-state index contributed by atoms with van der Waals surface area (Å²) in [7, 11) is 0. The van der Waals surface area contributed by atoms with Crippen LogP contribution in [-0.2, 0) is 22.7 Å². The van der Waals surface area contributed by atoms with Crippen molar-refractivity contribution in [2.24, 2.45) is 0 Å². The van der Waals surface area contributed by atoms with Gasteiger partial charge in [0.25, 0.3) is 5.91 Å². The van der Waals surface area contributed by atoms with Crippen LogP contribution in [-0.4, -0.2) is 67.5 Å². The lowest BCUT2D eigenvalue weighted by Crippen LogP contribution is -2.52. The summed E-state index contributed by atoms with van der Waals surface area (Å²) in [4.78, 5) is 44.7.